The van der Waals surface area contributed by atoms with Crippen molar-refractivity contribution < 1.29 is 23.8 Å². The van der Waals surface area contributed by atoms with Gasteiger partial charge in [-0.15, -0.1) is 0 Å². The normalized spacial score (nSPS) is 22.3. The molecule has 2 heterocycles. The Morgan fingerprint density at radius 1 is 1.31 bits per heavy atom. The van der Waals surface area contributed by atoms with Gasteiger partial charge in [-0.1, -0.05) is 25.4 Å². The second-order valence-electron chi connectivity index (χ2n) is 8.72. The van der Waals surface area contributed by atoms with Crippen LogP contribution in [0, 0.1) is 11.3 Å². The van der Waals surface area contributed by atoms with Crippen LogP contribution in [0.4, 0.5) is 0 Å². The van der Waals surface area contributed by atoms with Crippen molar-refractivity contribution in [3.63, 3.8) is 0 Å². The van der Waals surface area contributed by atoms with Crippen LogP contribution in [0.5, 0.6) is 5.88 Å². The minimum atomic E-state index is -0.627. The summed E-state index contributed by atoms with van der Waals surface area (Å²) in [6.45, 7) is 6.75. The number of halogens is 1. The number of rotatable bonds is 8. The van der Waals surface area contributed by atoms with E-state index in [9.17, 15) is 9.59 Å². The van der Waals surface area contributed by atoms with Gasteiger partial charge in [-0.2, -0.15) is 0 Å². The summed E-state index contributed by atoms with van der Waals surface area (Å²) in [6, 6.07) is 1.69. The van der Waals surface area contributed by atoms with Crippen LogP contribution in [-0.4, -0.2) is 55.9 Å². The molecule has 1 aromatic heterocycles. The molecule has 1 aliphatic heterocycles. The van der Waals surface area contributed by atoms with Gasteiger partial charge in [0.1, 0.15) is 10.8 Å². The molecule has 2 aliphatic rings. The number of hydrogen-bond donors (Lipinski definition) is 1. The third-order valence-electron chi connectivity index (χ3n) is 5.63. The molecule has 0 aromatic carbocycles. The van der Waals surface area contributed by atoms with Crippen molar-refractivity contribution in [1.29, 1.82) is 0 Å². The van der Waals surface area contributed by atoms with Crippen molar-refractivity contribution in [3.8, 4) is 5.88 Å². The Labute approximate surface area is 193 Å². The first-order valence-electron chi connectivity index (χ1n) is 10.7. The Morgan fingerprint density at radius 3 is 2.69 bits per heavy atom. The van der Waals surface area contributed by atoms with Crippen LogP contribution < -0.4 is 10.5 Å². The van der Waals surface area contributed by atoms with Crippen molar-refractivity contribution in [2.75, 3.05) is 33.5 Å². The molecule has 2 atom stereocenters. The van der Waals surface area contributed by atoms with Gasteiger partial charge in [-0.3, -0.25) is 9.79 Å². The zero-order valence-corrected chi connectivity index (χ0v) is 19.7. The van der Waals surface area contributed by atoms with Gasteiger partial charge in [0.05, 0.1) is 44.1 Å². The van der Waals surface area contributed by atoms with Crippen molar-refractivity contribution in [2.45, 2.75) is 39.5 Å². The van der Waals surface area contributed by atoms with E-state index in [4.69, 9.17) is 36.5 Å². The Hall–Kier alpha value is -2.29. The molecule has 0 spiro atoms. The van der Waals surface area contributed by atoms with E-state index in [0.717, 1.165) is 5.71 Å². The first kappa shape index (κ1) is 24.4. The third-order valence-corrected chi connectivity index (χ3v) is 5.90. The minimum absolute atomic E-state index is 0.0284. The molecule has 32 heavy (non-hydrogen) atoms. The zero-order chi connectivity index (χ0) is 23.5. The number of ketones is 1. The third kappa shape index (κ3) is 5.03. The lowest BCUT2D eigenvalue weighted by Gasteiger charge is -2.41. The average molecular weight is 464 g/mol. The molecule has 0 amide bonds. The number of ether oxygens (including phenoxy) is 3. The maximum Gasteiger partial charge on any atom is 0.336 e. The molecule has 2 N–H and O–H groups in total. The van der Waals surface area contributed by atoms with E-state index in [1.54, 1.807) is 19.2 Å². The number of nitrogens with zero attached hydrogens (tertiary/aromatic N) is 2. The van der Waals surface area contributed by atoms with Gasteiger partial charge in [0.2, 0.25) is 5.88 Å². The Kier molecular flexibility index (Phi) is 7.69. The molecule has 0 bridgehead atoms. The molecule has 3 rings (SSSR count). The summed E-state index contributed by atoms with van der Waals surface area (Å²) in [6.07, 6.45) is 2.61. The van der Waals surface area contributed by atoms with Crippen LogP contribution in [0.2, 0.25) is 5.02 Å². The van der Waals surface area contributed by atoms with Gasteiger partial charge in [0.25, 0.3) is 0 Å². The zero-order valence-electron chi connectivity index (χ0n) is 18.9. The lowest BCUT2D eigenvalue weighted by Crippen LogP contribution is -2.44. The summed E-state index contributed by atoms with van der Waals surface area (Å²) in [5.41, 5.74) is 7.45. The Bertz CT molecular complexity index is 957. The van der Waals surface area contributed by atoms with Crippen LogP contribution in [0.25, 0.3) is 0 Å². The first-order chi connectivity index (χ1) is 15.2. The second-order valence-corrected chi connectivity index (χ2v) is 9.13. The Morgan fingerprint density at radius 2 is 2.06 bits per heavy atom. The molecular formula is C23H30ClN3O5. The van der Waals surface area contributed by atoms with Gasteiger partial charge in [0.15, 0.2) is 0 Å². The molecule has 1 aromatic rings. The van der Waals surface area contributed by atoms with Gasteiger partial charge >= 0.3 is 5.97 Å². The monoisotopic (exact) mass is 463 g/mol. The van der Waals surface area contributed by atoms with E-state index in [-0.39, 0.29) is 30.3 Å². The van der Waals surface area contributed by atoms with E-state index in [1.807, 2.05) is 13.8 Å². The molecule has 0 saturated heterocycles. The molecule has 1 aliphatic carbocycles. The maximum atomic E-state index is 13.3. The lowest BCUT2D eigenvalue weighted by atomic mass is 9.63. The number of fused-ring (bicyclic) bond motifs is 1. The van der Waals surface area contributed by atoms with Crippen molar-refractivity contribution in [2.24, 2.45) is 22.1 Å². The van der Waals surface area contributed by atoms with Gasteiger partial charge < -0.3 is 19.9 Å². The molecular weight excluding hydrogens is 434 g/mol. The summed E-state index contributed by atoms with van der Waals surface area (Å²) in [7, 11) is 1.48. The highest BCUT2D eigenvalue weighted by molar-refractivity contribution is 6.31. The lowest BCUT2D eigenvalue weighted by molar-refractivity contribution is -0.139. The summed E-state index contributed by atoms with van der Waals surface area (Å²) in [5, 5.41) is 0.293. The number of hydrogen-bond acceptors (Lipinski definition) is 8. The SMILES string of the molecule is CCOC(=O)C1=C(COCCN)N=C2CC(C)(C)CC(=O)C2C1c1cnc(OC)c(Cl)c1. The fourth-order valence-corrected chi connectivity index (χ4v) is 4.68. The smallest absolute Gasteiger partial charge is 0.336 e. The van der Waals surface area contributed by atoms with Gasteiger partial charge in [0, 0.05) is 30.8 Å². The number of nitrogens with two attached hydrogens (primary N) is 1. The van der Waals surface area contributed by atoms with Crippen molar-refractivity contribution in [1.82, 2.24) is 4.98 Å². The first-order valence-corrected chi connectivity index (χ1v) is 11.1. The number of methoxy groups -OCH3 is 1. The molecule has 1 fully saturated rings. The summed E-state index contributed by atoms with van der Waals surface area (Å²) in [4.78, 5) is 35.5. The van der Waals surface area contributed by atoms with Crippen LogP contribution in [0.1, 0.15) is 45.1 Å². The number of carbonyl (C=O) groups is 2. The number of Topliss-reactive ketones (excluding diaryl/α,β-unsaturated/α-hetero) is 1. The van der Waals surface area contributed by atoms with Crippen molar-refractivity contribution in [3.05, 3.63) is 34.1 Å². The van der Waals surface area contributed by atoms with Crippen LogP contribution >= 0.6 is 11.6 Å². The van der Waals surface area contributed by atoms with E-state index in [1.165, 1.54) is 7.11 Å². The number of carbonyl (C=O) groups excluding carboxylic acids is 2. The van der Waals surface area contributed by atoms with Gasteiger partial charge in [-0.25, -0.2) is 9.78 Å². The highest BCUT2D eigenvalue weighted by Crippen LogP contribution is 2.47. The molecule has 9 heteroatoms. The number of esters is 1. The second kappa shape index (κ2) is 10.1. The molecule has 1 saturated carbocycles. The van der Waals surface area contributed by atoms with Crippen LogP contribution in [-0.2, 0) is 19.1 Å². The average Bonchev–Trinajstić information content (AvgIpc) is 2.72. The summed E-state index contributed by atoms with van der Waals surface area (Å²) in [5.74, 6) is -1.45. The fourth-order valence-electron chi connectivity index (χ4n) is 4.43. The minimum Gasteiger partial charge on any atom is -0.480 e. The fraction of sp³-hybridized carbons (Fsp3) is 0.565. The van der Waals surface area contributed by atoms with Crippen molar-refractivity contribution >= 4 is 29.1 Å². The predicted molar refractivity (Wildman–Crippen MR) is 121 cm³/mol. The van der Waals surface area contributed by atoms with Crippen LogP contribution in [0.3, 0.4) is 0 Å². The molecule has 0 radical (unpaired) electrons. The van der Waals surface area contributed by atoms with E-state index < -0.39 is 17.8 Å². The number of aromatic nitrogens is 1. The van der Waals surface area contributed by atoms with E-state index in [2.05, 4.69) is 4.98 Å². The highest BCUT2D eigenvalue weighted by atomic mass is 35.5. The predicted octanol–water partition coefficient (Wildman–Crippen LogP) is 3.08. The maximum absolute atomic E-state index is 13.3. The van der Waals surface area contributed by atoms with E-state index >= 15 is 0 Å². The standard InChI is InChI=1S/C23H30ClN3O5/c1-5-32-22(29)20-16(12-31-7-6-25)27-15-9-23(2,3)10-17(28)19(15)18(20)13-8-14(24)21(30-4)26-11-13/h8,11,18-19H,5-7,9-10,12,25H2,1-4H3. The van der Waals surface area contributed by atoms with Gasteiger partial charge in [-0.05, 0) is 30.4 Å². The quantitative estimate of drug-likeness (QED) is 0.465. The summed E-state index contributed by atoms with van der Waals surface area (Å²) < 4.78 is 16.2. The van der Waals surface area contributed by atoms with E-state index in [0.29, 0.717) is 47.8 Å². The number of pyridine rings is 1. The number of aliphatic imine (C=N–C) groups is 1. The van der Waals surface area contributed by atoms with Crippen LogP contribution in [0.15, 0.2) is 28.5 Å². The molecule has 174 valence electrons. The summed E-state index contributed by atoms with van der Waals surface area (Å²) >= 11 is 6.36. The topological polar surface area (TPSA) is 113 Å². The largest absolute Gasteiger partial charge is 0.480 e. The molecule has 8 nitrogen and oxygen atoms in total. The molecule has 2 unspecified atom stereocenters. The highest BCUT2D eigenvalue weighted by Gasteiger charge is 2.48. The Balaban J connectivity index is 2.20.